The summed E-state index contributed by atoms with van der Waals surface area (Å²) in [6.07, 6.45) is 0.868. The highest BCUT2D eigenvalue weighted by Gasteiger charge is 2.31. The Balaban J connectivity index is 1.25. The van der Waals surface area contributed by atoms with Gasteiger partial charge in [-0.3, -0.25) is 0 Å². The molecule has 0 amide bonds. The van der Waals surface area contributed by atoms with E-state index in [0.29, 0.717) is 0 Å². The smallest absolute Gasteiger partial charge is 0.136 e. The van der Waals surface area contributed by atoms with Crippen molar-refractivity contribution in [3.05, 3.63) is 186 Å². The Morgan fingerprint density at radius 3 is 1.48 bits per heavy atom. The standard InChI is InChI=1S/C51H35NO2/c1-31-29-41-34-16-4-3-15-33(34)30-42(41)51(32(31)2)52(43-23-9-5-17-35(43)37-21-13-27-47-49(37)39-19-7-11-25-45(39)53-47)44-24-10-6-18-36(44)38-22-14-28-48-50(38)40-20-8-12-26-46(40)54-48/h3-29H,30H2,1-2H3. The number of hydrogen-bond acceptors (Lipinski definition) is 3. The molecule has 1 aliphatic rings. The normalized spacial score (nSPS) is 12.2. The van der Waals surface area contributed by atoms with Crippen LogP contribution in [0.25, 0.3) is 77.3 Å². The molecule has 0 N–H and O–H groups in total. The highest BCUT2D eigenvalue weighted by molar-refractivity contribution is 6.16. The highest BCUT2D eigenvalue weighted by Crippen LogP contribution is 2.53. The first-order valence-corrected chi connectivity index (χ1v) is 18.6. The van der Waals surface area contributed by atoms with Gasteiger partial charge in [-0.15, -0.1) is 0 Å². The Labute approximate surface area is 313 Å². The lowest BCUT2D eigenvalue weighted by Gasteiger charge is -2.33. The third-order valence-electron chi connectivity index (χ3n) is 11.5. The second-order valence-electron chi connectivity index (χ2n) is 14.5. The molecule has 1 aliphatic carbocycles. The van der Waals surface area contributed by atoms with E-state index in [-0.39, 0.29) is 0 Å². The second kappa shape index (κ2) is 11.8. The number of aryl methyl sites for hydroxylation is 1. The predicted molar refractivity (Wildman–Crippen MR) is 224 cm³/mol. The summed E-state index contributed by atoms with van der Waals surface area (Å²) in [7, 11) is 0. The number of hydrogen-bond donors (Lipinski definition) is 0. The van der Waals surface area contributed by atoms with Crippen LogP contribution in [0.15, 0.2) is 173 Å². The number of anilines is 3. The fraction of sp³-hybridized carbons (Fsp3) is 0.0588. The van der Waals surface area contributed by atoms with Gasteiger partial charge in [-0.1, -0.05) is 127 Å². The van der Waals surface area contributed by atoms with Crippen LogP contribution in [0.1, 0.15) is 22.3 Å². The number of rotatable bonds is 5. The summed E-state index contributed by atoms with van der Waals surface area (Å²) >= 11 is 0. The third-order valence-corrected chi connectivity index (χ3v) is 11.5. The van der Waals surface area contributed by atoms with Crippen LogP contribution in [-0.2, 0) is 6.42 Å². The first kappa shape index (κ1) is 30.8. The molecule has 2 heterocycles. The van der Waals surface area contributed by atoms with Crippen molar-refractivity contribution in [1.29, 1.82) is 0 Å². The summed E-state index contributed by atoms with van der Waals surface area (Å²) in [5.74, 6) is 0. The molecule has 10 aromatic rings. The molecule has 0 spiro atoms. The Bertz CT molecular complexity index is 2970. The van der Waals surface area contributed by atoms with Crippen molar-refractivity contribution < 1.29 is 8.83 Å². The minimum Gasteiger partial charge on any atom is -0.456 e. The molecule has 256 valence electrons. The SMILES string of the molecule is Cc1cc2c(c(N(c3ccccc3-c3cccc4oc5ccccc5c34)c3ccccc3-c3cccc4oc5ccccc5c34)c1C)Cc1ccccc1-2. The lowest BCUT2D eigenvalue weighted by Crippen LogP contribution is -2.16. The minimum absolute atomic E-state index is 0.868. The molecule has 0 atom stereocenters. The number of benzene rings is 8. The molecule has 8 aromatic carbocycles. The molecular weight excluding hydrogens is 659 g/mol. The molecule has 54 heavy (non-hydrogen) atoms. The van der Waals surface area contributed by atoms with Gasteiger partial charge in [-0.05, 0) is 94.8 Å². The number of fused-ring (bicyclic) bond motifs is 9. The van der Waals surface area contributed by atoms with Crippen molar-refractivity contribution in [2.45, 2.75) is 20.3 Å². The van der Waals surface area contributed by atoms with Gasteiger partial charge in [0.15, 0.2) is 0 Å². The maximum atomic E-state index is 6.44. The van der Waals surface area contributed by atoms with E-state index in [4.69, 9.17) is 8.83 Å². The fourth-order valence-corrected chi connectivity index (χ4v) is 8.96. The topological polar surface area (TPSA) is 29.5 Å². The highest BCUT2D eigenvalue weighted by atomic mass is 16.3. The quantitative estimate of drug-likeness (QED) is 0.180. The van der Waals surface area contributed by atoms with Crippen LogP contribution in [0.4, 0.5) is 17.1 Å². The maximum absolute atomic E-state index is 6.44. The van der Waals surface area contributed by atoms with E-state index >= 15 is 0 Å². The molecule has 2 aromatic heterocycles. The Morgan fingerprint density at radius 1 is 0.426 bits per heavy atom. The second-order valence-corrected chi connectivity index (χ2v) is 14.5. The van der Waals surface area contributed by atoms with Gasteiger partial charge in [-0.2, -0.15) is 0 Å². The van der Waals surface area contributed by atoms with Gasteiger partial charge in [0.05, 0.1) is 17.1 Å². The molecule has 3 heteroatoms. The summed E-state index contributed by atoms with van der Waals surface area (Å²) < 4.78 is 12.9. The van der Waals surface area contributed by atoms with Crippen LogP contribution in [0.3, 0.4) is 0 Å². The molecule has 0 aliphatic heterocycles. The Kier molecular flexibility index (Phi) is 6.74. The van der Waals surface area contributed by atoms with E-state index in [1.807, 2.05) is 12.1 Å². The predicted octanol–water partition coefficient (Wildman–Crippen LogP) is 14.5. The Hall–Kier alpha value is -6.84. The summed E-state index contributed by atoms with van der Waals surface area (Å²) in [6.45, 7) is 4.55. The van der Waals surface area contributed by atoms with Crippen LogP contribution >= 0.6 is 0 Å². The molecule has 0 saturated heterocycles. The number of furan rings is 2. The first-order chi connectivity index (χ1) is 26.6. The van der Waals surface area contributed by atoms with Crippen LogP contribution in [0.5, 0.6) is 0 Å². The van der Waals surface area contributed by atoms with E-state index in [1.165, 1.54) is 39.1 Å². The summed E-state index contributed by atoms with van der Waals surface area (Å²) in [5, 5.41) is 4.49. The zero-order valence-electron chi connectivity index (χ0n) is 30.1. The minimum atomic E-state index is 0.868. The van der Waals surface area contributed by atoms with Crippen molar-refractivity contribution in [1.82, 2.24) is 0 Å². The van der Waals surface area contributed by atoms with Crippen LogP contribution in [0.2, 0.25) is 0 Å². The van der Waals surface area contributed by atoms with Crippen molar-refractivity contribution in [2.24, 2.45) is 0 Å². The van der Waals surface area contributed by atoms with Gasteiger partial charge in [0.25, 0.3) is 0 Å². The van der Waals surface area contributed by atoms with Crippen LogP contribution < -0.4 is 4.90 Å². The van der Waals surface area contributed by atoms with Crippen LogP contribution in [0, 0.1) is 13.8 Å². The Morgan fingerprint density at radius 2 is 0.889 bits per heavy atom. The van der Waals surface area contributed by atoms with E-state index in [2.05, 4.69) is 170 Å². The molecule has 3 nitrogen and oxygen atoms in total. The molecule has 0 unspecified atom stereocenters. The molecule has 0 radical (unpaired) electrons. The van der Waals surface area contributed by atoms with Gasteiger partial charge in [-0.25, -0.2) is 0 Å². The first-order valence-electron chi connectivity index (χ1n) is 18.6. The monoisotopic (exact) mass is 693 g/mol. The average molecular weight is 694 g/mol. The van der Waals surface area contributed by atoms with Gasteiger partial charge < -0.3 is 13.7 Å². The average Bonchev–Trinajstić information content (AvgIpc) is 3.91. The van der Waals surface area contributed by atoms with E-state index < -0.39 is 0 Å². The van der Waals surface area contributed by atoms with Crippen molar-refractivity contribution in [3.8, 4) is 33.4 Å². The number of para-hydroxylation sites is 4. The van der Waals surface area contributed by atoms with Crippen LogP contribution in [-0.4, -0.2) is 0 Å². The molecular formula is C51H35NO2. The molecule has 11 rings (SSSR count). The molecule has 0 fully saturated rings. The third kappa shape index (κ3) is 4.48. The van der Waals surface area contributed by atoms with Crippen molar-refractivity contribution in [3.63, 3.8) is 0 Å². The maximum Gasteiger partial charge on any atom is 0.136 e. The zero-order chi connectivity index (χ0) is 35.9. The van der Waals surface area contributed by atoms with E-state index in [1.54, 1.807) is 0 Å². The van der Waals surface area contributed by atoms with Crippen molar-refractivity contribution in [2.75, 3.05) is 4.90 Å². The summed E-state index contributed by atoms with van der Waals surface area (Å²) in [5.41, 5.74) is 19.5. The molecule has 0 saturated carbocycles. The number of nitrogens with zero attached hydrogens (tertiary/aromatic N) is 1. The fourth-order valence-electron chi connectivity index (χ4n) is 8.96. The summed E-state index contributed by atoms with van der Waals surface area (Å²) in [6, 6.07) is 58.7. The largest absolute Gasteiger partial charge is 0.456 e. The zero-order valence-corrected chi connectivity index (χ0v) is 30.1. The lowest BCUT2D eigenvalue weighted by molar-refractivity contribution is 0.668. The lowest BCUT2D eigenvalue weighted by atomic mass is 9.91. The van der Waals surface area contributed by atoms with Gasteiger partial charge in [0, 0.05) is 39.1 Å². The van der Waals surface area contributed by atoms with E-state index in [9.17, 15) is 0 Å². The van der Waals surface area contributed by atoms with Gasteiger partial charge in [0.1, 0.15) is 22.3 Å². The summed E-state index contributed by atoms with van der Waals surface area (Å²) in [4.78, 5) is 2.56. The van der Waals surface area contributed by atoms with Gasteiger partial charge in [0.2, 0.25) is 0 Å². The van der Waals surface area contributed by atoms with E-state index in [0.717, 1.165) is 83.9 Å². The van der Waals surface area contributed by atoms with Crippen molar-refractivity contribution >= 4 is 60.9 Å². The molecule has 0 bridgehead atoms. The van der Waals surface area contributed by atoms with Gasteiger partial charge >= 0.3 is 0 Å².